The fraction of sp³-hybridized carbons (Fsp3) is 0.696. The van der Waals surface area contributed by atoms with Gasteiger partial charge in [0.2, 0.25) is 0 Å². The van der Waals surface area contributed by atoms with Crippen molar-refractivity contribution in [2.45, 2.75) is 97.0 Å². The molecule has 0 spiro atoms. The van der Waals surface area contributed by atoms with Crippen LogP contribution in [0.4, 0.5) is 0 Å². The van der Waals surface area contributed by atoms with Crippen LogP contribution in [0.2, 0.25) is 5.02 Å². The van der Waals surface area contributed by atoms with Crippen LogP contribution in [0.5, 0.6) is 0 Å². The number of hydrogen-bond donors (Lipinski definition) is 0. The predicted octanol–water partition coefficient (Wildman–Crippen LogP) is 8.64. The van der Waals surface area contributed by atoms with E-state index in [0.29, 0.717) is 9.90 Å². The number of esters is 1. The highest BCUT2D eigenvalue weighted by atomic mass is 35.5. The van der Waals surface area contributed by atoms with Crippen LogP contribution in [0.25, 0.3) is 9.40 Å². The molecule has 0 saturated heterocycles. The maximum Gasteiger partial charge on any atom is 0.350 e. The summed E-state index contributed by atoms with van der Waals surface area (Å²) < 4.78 is 8.01. The van der Waals surface area contributed by atoms with E-state index in [1.54, 1.807) is 11.3 Å². The lowest BCUT2D eigenvalue weighted by Crippen LogP contribution is -2.24. The van der Waals surface area contributed by atoms with Crippen LogP contribution in [0.15, 0.2) is 6.07 Å². The second kappa shape index (κ2) is 11.0. The molecule has 0 radical (unpaired) electrons. The van der Waals surface area contributed by atoms with Crippen molar-refractivity contribution in [3.05, 3.63) is 20.8 Å². The summed E-state index contributed by atoms with van der Waals surface area (Å²) in [5, 5.41) is 0.604. The predicted molar refractivity (Wildman–Crippen MR) is 123 cm³/mol. The summed E-state index contributed by atoms with van der Waals surface area (Å²) >= 11 is 9.82. The lowest BCUT2D eigenvalue weighted by molar-refractivity contribution is 0.0167. The highest BCUT2D eigenvalue weighted by molar-refractivity contribution is 7.29. The first-order chi connectivity index (χ1) is 13.6. The van der Waals surface area contributed by atoms with E-state index in [9.17, 15) is 4.79 Å². The van der Waals surface area contributed by atoms with Gasteiger partial charge in [-0.1, -0.05) is 64.0 Å². The van der Waals surface area contributed by atoms with Crippen LogP contribution in [-0.4, -0.2) is 12.1 Å². The molecule has 5 heteroatoms. The van der Waals surface area contributed by atoms with Gasteiger partial charge in [-0.05, 0) is 50.5 Å². The molecule has 0 aromatic carbocycles. The van der Waals surface area contributed by atoms with Gasteiger partial charge in [-0.3, -0.25) is 0 Å². The SMILES string of the molecule is CCCCCCCc1cc2sc(C(=O)OC3CCC(CCC)CC3)c(Cl)c2s1. The lowest BCUT2D eigenvalue weighted by Gasteiger charge is -2.27. The Hall–Kier alpha value is -0.580. The first kappa shape index (κ1) is 22.1. The van der Waals surface area contributed by atoms with Crippen molar-refractivity contribution in [3.63, 3.8) is 0 Å². The highest BCUT2D eigenvalue weighted by Gasteiger charge is 2.26. The fourth-order valence-electron chi connectivity index (χ4n) is 4.22. The first-order valence-corrected chi connectivity index (χ1v) is 13.0. The normalized spacial score (nSPS) is 20.0. The molecule has 156 valence electrons. The molecule has 2 aromatic heterocycles. The minimum Gasteiger partial charge on any atom is -0.458 e. The van der Waals surface area contributed by atoms with Gasteiger partial charge in [0, 0.05) is 9.58 Å². The summed E-state index contributed by atoms with van der Waals surface area (Å²) in [6, 6.07) is 2.23. The topological polar surface area (TPSA) is 26.3 Å². The standard InChI is InChI=1S/C23H33ClO2S2/c1-3-5-6-7-8-10-18-15-19-21(27-18)20(24)22(28-19)23(25)26-17-13-11-16(9-4-2)12-14-17/h15-17H,3-14H2,1-2H3. The minimum atomic E-state index is -0.224. The van der Waals surface area contributed by atoms with Gasteiger partial charge in [0.1, 0.15) is 11.0 Å². The third-order valence-corrected chi connectivity index (χ3v) is 8.90. The van der Waals surface area contributed by atoms with E-state index in [0.717, 1.165) is 34.6 Å². The molecule has 1 saturated carbocycles. The van der Waals surface area contributed by atoms with Gasteiger partial charge in [-0.2, -0.15) is 0 Å². The van der Waals surface area contributed by atoms with E-state index < -0.39 is 0 Å². The Morgan fingerprint density at radius 1 is 1.07 bits per heavy atom. The summed E-state index contributed by atoms with van der Waals surface area (Å²) in [6.07, 6.45) is 14.6. The van der Waals surface area contributed by atoms with Crippen LogP contribution in [0.3, 0.4) is 0 Å². The average Bonchev–Trinajstić information content (AvgIpc) is 3.22. The average molecular weight is 441 g/mol. The maximum absolute atomic E-state index is 12.7. The number of carbonyl (C=O) groups is 1. The van der Waals surface area contributed by atoms with Crippen LogP contribution >= 0.6 is 34.3 Å². The molecule has 1 aliphatic rings. The van der Waals surface area contributed by atoms with Gasteiger partial charge in [0.05, 0.1) is 9.72 Å². The zero-order valence-corrected chi connectivity index (χ0v) is 19.6. The number of carbonyl (C=O) groups excluding carboxylic acids is 1. The Balaban J connectivity index is 1.54. The molecule has 2 aromatic rings. The fourth-order valence-corrected chi connectivity index (χ4v) is 7.05. The van der Waals surface area contributed by atoms with Crippen LogP contribution in [0, 0.1) is 5.92 Å². The third kappa shape index (κ3) is 5.73. The molecular weight excluding hydrogens is 408 g/mol. The summed E-state index contributed by atoms with van der Waals surface area (Å²) in [6.45, 7) is 4.49. The second-order valence-electron chi connectivity index (χ2n) is 8.15. The summed E-state index contributed by atoms with van der Waals surface area (Å²) in [7, 11) is 0. The number of ether oxygens (including phenoxy) is 1. The van der Waals surface area contributed by atoms with Gasteiger partial charge in [0.25, 0.3) is 0 Å². The molecule has 0 unspecified atom stereocenters. The van der Waals surface area contributed by atoms with Crippen molar-refractivity contribution in [2.24, 2.45) is 5.92 Å². The van der Waals surface area contributed by atoms with Crippen LogP contribution in [-0.2, 0) is 11.2 Å². The molecule has 0 N–H and O–H groups in total. The molecule has 0 aliphatic heterocycles. The van der Waals surface area contributed by atoms with Crippen molar-refractivity contribution in [3.8, 4) is 0 Å². The molecule has 0 atom stereocenters. The van der Waals surface area contributed by atoms with Crippen molar-refractivity contribution >= 4 is 49.6 Å². The molecule has 1 fully saturated rings. The molecular formula is C23H33ClO2S2. The van der Waals surface area contributed by atoms with Crippen molar-refractivity contribution in [1.82, 2.24) is 0 Å². The molecule has 1 aliphatic carbocycles. The number of halogens is 1. The van der Waals surface area contributed by atoms with E-state index in [2.05, 4.69) is 19.9 Å². The number of fused-ring (bicyclic) bond motifs is 1. The molecule has 0 amide bonds. The van der Waals surface area contributed by atoms with Gasteiger partial charge in [-0.15, -0.1) is 22.7 Å². The third-order valence-electron chi connectivity index (χ3n) is 5.84. The molecule has 2 nitrogen and oxygen atoms in total. The highest BCUT2D eigenvalue weighted by Crippen LogP contribution is 2.42. The number of hydrogen-bond acceptors (Lipinski definition) is 4. The van der Waals surface area contributed by atoms with E-state index >= 15 is 0 Å². The molecule has 2 heterocycles. The summed E-state index contributed by atoms with van der Waals surface area (Å²) in [5.74, 6) is 0.592. The maximum atomic E-state index is 12.7. The van der Waals surface area contributed by atoms with Crippen molar-refractivity contribution < 1.29 is 9.53 Å². The van der Waals surface area contributed by atoms with Gasteiger partial charge in [0.15, 0.2) is 0 Å². The number of thiophene rings is 2. The first-order valence-electron chi connectivity index (χ1n) is 11.0. The van der Waals surface area contributed by atoms with E-state index in [1.165, 1.54) is 74.0 Å². The Morgan fingerprint density at radius 2 is 1.82 bits per heavy atom. The Morgan fingerprint density at radius 3 is 2.50 bits per heavy atom. The van der Waals surface area contributed by atoms with Crippen molar-refractivity contribution in [1.29, 1.82) is 0 Å². The molecule has 0 bridgehead atoms. The lowest BCUT2D eigenvalue weighted by atomic mass is 9.85. The van der Waals surface area contributed by atoms with E-state index in [-0.39, 0.29) is 12.1 Å². The Bertz CT molecular complexity index is 756. The minimum absolute atomic E-state index is 0.0653. The van der Waals surface area contributed by atoms with E-state index in [4.69, 9.17) is 16.3 Å². The van der Waals surface area contributed by atoms with Crippen LogP contribution < -0.4 is 0 Å². The monoisotopic (exact) mass is 440 g/mol. The quantitative estimate of drug-likeness (QED) is 0.273. The summed E-state index contributed by atoms with van der Waals surface area (Å²) in [5.41, 5.74) is 0. The second-order valence-corrected chi connectivity index (χ2v) is 10.7. The summed E-state index contributed by atoms with van der Waals surface area (Å²) in [4.78, 5) is 14.6. The number of aryl methyl sites for hydroxylation is 1. The van der Waals surface area contributed by atoms with Gasteiger partial charge >= 0.3 is 5.97 Å². The molecule has 28 heavy (non-hydrogen) atoms. The van der Waals surface area contributed by atoms with E-state index in [1.807, 2.05) is 0 Å². The van der Waals surface area contributed by atoms with Gasteiger partial charge in [-0.25, -0.2) is 4.79 Å². The zero-order chi connectivity index (χ0) is 19.9. The Kier molecular flexibility index (Phi) is 8.68. The molecule has 3 rings (SSSR count). The smallest absolute Gasteiger partial charge is 0.350 e. The van der Waals surface area contributed by atoms with Gasteiger partial charge < -0.3 is 4.74 Å². The number of unbranched alkanes of at least 4 members (excludes halogenated alkanes) is 4. The number of rotatable bonds is 10. The zero-order valence-electron chi connectivity index (χ0n) is 17.2. The Labute approximate surface area is 182 Å². The van der Waals surface area contributed by atoms with Crippen molar-refractivity contribution in [2.75, 3.05) is 0 Å². The van der Waals surface area contributed by atoms with Crippen LogP contribution in [0.1, 0.15) is 99.0 Å². The largest absolute Gasteiger partial charge is 0.458 e.